The van der Waals surface area contributed by atoms with Crippen LogP contribution in [0.25, 0.3) is 0 Å². The fraction of sp³-hybridized carbons (Fsp3) is 0.0741. The van der Waals surface area contributed by atoms with Gasteiger partial charge in [-0.05, 0) is 0 Å². The van der Waals surface area contributed by atoms with Gasteiger partial charge in [0.1, 0.15) is 0 Å². The van der Waals surface area contributed by atoms with Crippen molar-refractivity contribution < 1.29 is 14.3 Å². The first kappa shape index (κ1) is 19.5. The molecule has 0 bridgehead atoms. The van der Waals surface area contributed by atoms with Crippen LogP contribution >= 0.6 is 7.26 Å². The molecular weight excluding hydrogens is 403 g/mol. The van der Waals surface area contributed by atoms with E-state index in [0.29, 0.717) is 11.3 Å². The molecule has 0 radical (unpaired) electrons. The van der Waals surface area contributed by atoms with Crippen molar-refractivity contribution in [3.05, 3.63) is 120 Å². The molecule has 0 amide bonds. The van der Waals surface area contributed by atoms with Gasteiger partial charge in [-0.25, -0.2) is 0 Å². The summed E-state index contributed by atoms with van der Waals surface area (Å²) < 4.78 is 12.0. The molecule has 4 aromatic carbocycles. The van der Waals surface area contributed by atoms with Crippen molar-refractivity contribution in [3.63, 3.8) is 0 Å². The molecule has 154 valence electrons. The van der Waals surface area contributed by atoms with Crippen LogP contribution < -0.4 is 20.7 Å². The maximum atomic E-state index is 13.0. The Morgan fingerprint density at radius 2 is 1.16 bits per heavy atom. The summed E-state index contributed by atoms with van der Waals surface area (Å²) in [5, 5.41) is 3.55. The number of carbonyl (C=O) groups excluding carboxylic acids is 1. The Balaban J connectivity index is 1.91. The molecule has 0 fully saturated rings. The number of rotatable bonds is 5. The predicted molar refractivity (Wildman–Crippen MR) is 128 cm³/mol. The summed E-state index contributed by atoms with van der Waals surface area (Å²) in [6, 6.07) is 37.0. The summed E-state index contributed by atoms with van der Waals surface area (Å²) in [6.07, 6.45) is 0. The van der Waals surface area contributed by atoms with Crippen molar-refractivity contribution >= 4 is 29.1 Å². The Bertz CT molecular complexity index is 1110. The van der Waals surface area contributed by atoms with E-state index in [4.69, 9.17) is 9.47 Å². The Labute approximate surface area is 182 Å². The molecule has 0 N–H and O–H groups in total. The van der Waals surface area contributed by atoms with Gasteiger partial charge in [0.15, 0.2) is 0 Å². The summed E-state index contributed by atoms with van der Waals surface area (Å²) in [7, 11) is -1.21. The summed E-state index contributed by atoms with van der Waals surface area (Å²) >= 11 is 0. The van der Waals surface area contributed by atoms with Crippen LogP contribution in [-0.4, -0.2) is 13.1 Å². The molecule has 0 spiro atoms. The molecule has 5 rings (SSSR count). The Morgan fingerprint density at radius 1 is 0.677 bits per heavy atom. The second kappa shape index (κ2) is 8.02. The molecule has 1 atom stereocenters. The van der Waals surface area contributed by atoms with Crippen LogP contribution in [0.1, 0.15) is 21.8 Å². The molecule has 4 aromatic rings. The van der Waals surface area contributed by atoms with E-state index in [-0.39, 0.29) is 5.97 Å². The van der Waals surface area contributed by atoms with Crippen molar-refractivity contribution in [2.24, 2.45) is 0 Å². The van der Waals surface area contributed by atoms with Gasteiger partial charge in [0.25, 0.3) is 0 Å². The number of ether oxygens (including phenoxy) is 2. The summed E-state index contributed by atoms with van der Waals surface area (Å²) in [6.45, 7) is 0. The zero-order valence-electron chi connectivity index (χ0n) is 17.2. The third-order valence-corrected chi connectivity index (χ3v) is 11.0. The van der Waals surface area contributed by atoms with E-state index >= 15 is 0 Å². The fourth-order valence-electron chi connectivity index (χ4n) is 4.76. The molecule has 0 aliphatic carbocycles. The number of carbonyl (C=O) groups is 1. The molecule has 1 aliphatic heterocycles. The van der Waals surface area contributed by atoms with Gasteiger partial charge in [0, 0.05) is 0 Å². The molecule has 31 heavy (non-hydrogen) atoms. The van der Waals surface area contributed by atoms with Crippen LogP contribution in [0.15, 0.2) is 109 Å². The normalized spacial score (nSPS) is 15.8. The van der Waals surface area contributed by atoms with E-state index in [9.17, 15) is 4.79 Å². The second-order valence-corrected chi connectivity index (χ2v) is 11.5. The number of hydrogen-bond acceptors (Lipinski definition) is 3. The van der Waals surface area contributed by atoms with Gasteiger partial charge in [0.2, 0.25) is 0 Å². The topological polar surface area (TPSA) is 35.5 Å². The fourth-order valence-corrected chi connectivity index (χ4v) is 9.84. The summed E-state index contributed by atoms with van der Waals surface area (Å²) in [5.74, 6) is -0.0510. The first-order valence-corrected chi connectivity index (χ1v) is 12.4. The van der Waals surface area contributed by atoms with Gasteiger partial charge in [-0.2, -0.15) is 0 Å². The summed E-state index contributed by atoms with van der Waals surface area (Å²) in [5.41, 5.74) is 1.43. The molecule has 0 saturated heterocycles. The van der Waals surface area contributed by atoms with Crippen molar-refractivity contribution in [2.75, 3.05) is 7.11 Å². The van der Waals surface area contributed by atoms with Crippen molar-refractivity contribution in [2.45, 2.75) is 5.85 Å². The third kappa shape index (κ3) is 3.05. The van der Waals surface area contributed by atoms with Gasteiger partial charge in [-0.1, -0.05) is 0 Å². The second-order valence-electron chi connectivity index (χ2n) is 7.61. The standard InChI is InChI=1S/C27H23O3P/c1-29-24-19-11-18-23-25(24)27(30-26(23)28)31(20-12-5-2-6-13-20,21-14-7-3-8-15-21)22-16-9-4-10-17-22/h2-19,27,31H,1H3. The van der Waals surface area contributed by atoms with Crippen molar-refractivity contribution in [3.8, 4) is 5.75 Å². The molecule has 1 heterocycles. The van der Waals surface area contributed by atoms with E-state index < -0.39 is 13.1 Å². The van der Waals surface area contributed by atoms with E-state index in [0.717, 1.165) is 5.56 Å². The average molecular weight is 426 g/mol. The zero-order chi connectivity index (χ0) is 21.3. The molecule has 1 unspecified atom stereocenters. The Hall–Kier alpha value is -3.42. The summed E-state index contributed by atoms with van der Waals surface area (Å²) in [4.78, 5) is 13.0. The zero-order valence-corrected chi connectivity index (χ0v) is 18.2. The molecule has 4 heteroatoms. The number of hydrogen-bond donors (Lipinski definition) is 0. The van der Waals surface area contributed by atoms with E-state index in [1.54, 1.807) is 7.11 Å². The molecule has 3 nitrogen and oxygen atoms in total. The SMILES string of the molecule is COc1cccc2c1C([PH](c1ccccc1)(c1ccccc1)c1ccccc1)OC2=O. The molecule has 0 saturated carbocycles. The first-order valence-electron chi connectivity index (χ1n) is 10.3. The monoisotopic (exact) mass is 426 g/mol. The van der Waals surface area contributed by atoms with E-state index in [1.165, 1.54) is 15.9 Å². The number of methoxy groups -OCH3 is 1. The number of esters is 1. The molecule has 0 aromatic heterocycles. The minimum atomic E-state index is -2.85. The first-order chi connectivity index (χ1) is 15.3. The van der Waals surface area contributed by atoms with Crippen LogP contribution in [0.4, 0.5) is 0 Å². The molecular formula is C27H23O3P. The predicted octanol–water partition coefficient (Wildman–Crippen LogP) is 4.59. The Morgan fingerprint density at radius 3 is 1.61 bits per heavy atom. The van der Waals surface area contributed by atoms with Crippen molar-refractivity contribution in [1.29, 1.82) is 0 Å². The number of benzene rings is 4. The minimum absolute atomic E-state index is 0.293. The maximum absolute atomic E-state index is 13.0. The Kier molecular flexibility index (Phi) is 5.05. The van der Waals surface area contributed by atoms with Gasteiger partial charge < -0.3 is 0 Å². The van der Waals surface area contributed by atoms with Crippen LogP contribution in [0.2, 0.25) is 0 Å². The van der Waals surface area contributed by atoms with Gasteiger partial charge in [-0.15, -0.1) is 0 Å². The quantitative estimate of drug-likeness (QED) is 0.346. The van der Waals surface area contributed by atoms with Crippen LogP contribution in [0, 0.1) is 0 Å². The van der Waals surface area contributed by atoms with E-state index in [1.807, 2.05) is 36.4 Å². The number of cyclic esters (lactones) is 1. The third-order valence-electron chi connectivity index (χ3n) is 6.07. The van der Waals surface area contributed by atoms with Crippen LogP contribution in [0.3, 0.4) is 0 Å². The van der Waals surface area contributed by atoms with Gasteiger partial charge >= 0.3 is 182 Å². The number of fused-ring (bicyclic) bond motifs is 1. The average Bonchev–Trinajstić information content (AvgIpc) is 3.19. The van der Waals surface area contributed by atoms with Crippen LogP contribution in [-0.2, 0) is 4.74 Å². The molecule has 1 aliphatic rings. The van der Waals surface area contributed by atoms with Crippen molar-refractivity contribution in [1.82, 2.24) is 0 Å². The van der Waals surface area contributed by atoms with Gasteiger partial charge in [0.05, 0.1) is 0 Å². The van der Waals surface area contributed by atoms with Crippen LogP contribution in [0.5, 0.6) is 5.75 Å². The van der Waals surface area contributed by atoms with E-state index in [2.05, 4.69) is 72.8 Å². The van der Waals surface area contributed by atoms with Gasteiger partial charge in [-0.3, -0.25) is 0 Å².